The molecule has 27 heavy (non-hydrogen) atoms. The van der Waals surface area contributed by atoms with Gasteiger partial charge in [-0.3, -0.25) is 9.59 Å². The maximum absolute atomic E-state index is 12.5. The first kappa shape index (κ1) is 19.0. The van der Waals surface area contributed by atoms with Crippen LogP contribution in [0.5, 0.6) is 5.75 Å². The number of rotatable bonds is 6. The molecule has 0 spiro atoms. The van der Waals surface area contributed by atoms with E-state index < -0.39 is 0 Å². The molecule has 0 aliphatic carbocycles. The summed E-state index contributed by atoms with van der Waals surface area (Å²) in [6.45, 7) is 6.81. The molecule has 1 atom stereocenters. The first-order valence-electron chi connectivity index (χ1n) is 9.33. The van der Waals surface area contributed by atoms with Gasteiger partial charge in [0.25, 0.3) is 0 Å². The summed E-state index contributed by atoms with van der Waals surface area (Å²) in [4.78, 5) is 26.6. The van der Waals surface area contributed by atoms with Gasteiger partial charge in [-0.15, -0.1) is 0 Å². The van der Waals surface area contributed by atoms with E-state index in [2.05, 4.69) is 5.32 Å². The first-order valence-corrected chi connectivity index (χ1v) is 9.33. The molecule has 142 valence electrons. The van der Waals surface area contributed by atoms with E-state index in [-0.39, 0.29) is 30.3 Å². The number of carbonyl (C=O) groups is 2. The Labute approximate surface area is 160 Å². The summed E-state index contributed by atoms with van der Waals surface area (Å²) in [5.74, 6) is 0.414. The van der Waals surface area contributed by atoms with E-state index in [0.29, 0.717) is 13.1 Å². The van der Waals surface area contributed by atoms with Gasteiger partial charge in [0, 0.05) is 25.2 Å². The molecule has 2 aromatic carbocycles. The topological polar surface area (TPSA) is 58.6 Å². The average molecular weight is 366 g/mol. The Morgan fingerprint density at radius 2 is 1.89 bits per heavy atom. The summed E-state index contributed by atoms with van der Waals surface area (Å²) < 4.78 is 5.62. The second kappa shape index (κ2) is 8.25. The van der Waals surface area contributed by atoms with Crippen molar-refractivity contribution in [1.82, 2.24) is 5.32 Å². The molecule has 0 radical (unpaired) electrons. The van der Waals surface area contributed by atoms with Gasteiger partial charge in [0.05, 0.1) is 12.0 Å². The molecule has 1 aliphatic rings. The summed E-state index contributed by atoms with van der Waals surface area (Å²) >= 11 is 0. The number of ether oxygens (including phenoxy) is 1. The van der Waals surface area contributed by atoms with Crippen molar-refractivity contribution < 1.29 is 14.3 Å². The number of nitrogens with zero attached hydrogens (tertiary/aromatic N) is 1. The van der Waals surface area contributed by atoms with Gasteiger partial charge in [-0.2, -0.15) is 0 Å². The first-order chi connectivity index (χ1) is 12.9. The van der Waals surface area contributed by atoms with Crippen LogP contribution < -0.4 is 15.0 Å². The lowest BCUT2D eigenvalue weighted by Gasteiger charge is -2.19. The van der Waals surface area contributed by atoms with Gasteiger partial charge in [-0.1, -0.05) is 30.3 Å². The molecule has 0 aromatic heterocycles. The largest absolute Gasteiger partial charge is 0.491 e. The monoisotopic (exact) mass is 366 g/mol. The Morgan fingerprint density at radius 1 is 1.19 bits per heavy atom. The van der Waals surface area contributed by atoms with Crippen LogP contribution in [0.4, 0.5) is 5.69 Å². The standard InChI is InChI=1S/C22H26N2O3/c1-15(2)27-19-10-8-17(9-11-19)13-23-22(26)18-12-21(25)24(14-18)20-7-5-4-6-16(20)3/h4-11,15,18H,12-14H2,1-3H3,(H,23,26)/t18-/m0/s1. The molecular weight excluding hydrogens is 340 g/mol. The Morgan fingerprint density at radius 3 is 2.56 bits per heavy atom. The lowest BCUT2D eigenvalue weighted by Crippen LogP contribution is -2.32. The molecule has 2 aromatic rings. The van der Waals surface area contributed by atoms with Crippen LogP contribution in [0.2, 0.25) is 0 Å². The molecule has 1 N–H and O–H groups in total. The Kier molecular flexibility index (Phi) is 5.79. The molecule has 5 heteroatoms. The fraction of sp³-hybridized carbons (Fsp3) is 0.364. The van der Waals surface area contributed by atoms with Crippen molar-refractivity contribution in [2.45, 2.75) is 39.8 Å². The van der Waals surface area contributed by atoms with E-state index >= 15 is 0 Å². The summed E-state index contributed by atoms with van der Waals surface area (Å²) in [7, 11) is 0. The van der Waals surface area contributed by atoms with Gasteiger partial charge in [0.2, 0.25) is 11.8 Å². The highest BCUT2D eigenvalue weighted by Crippen LogP contribution is 2.27. The third-order valence-corrected chi connectivity index (χ3v) is 4.66. The zero-order valence-electron chi connectivity index (χ0n) is 16.1. The number of nitrogens with one attached hydrogen (secondary N) is 1. The van der Waals surface area contributed by atoms with E-state index in [4.69, 9.17) is 4.74 Å². The SMILES string of the molecule is Cc1ccccc1N1C[C@@H](C(=O)NCc2ccc(OC(C)C)cc2)CC1=O. The van der Waals surface area contributed by atoms with Crippen LogP contribution in [0.15, 0.2) is 48.5 Å². The summed E-state index contributed by atoms with van der Waals surface area (Å²) in [5, 5.41) is 2.95. The van der Waals surface area contributed by atoms with Gasteiger partial charge in [0.15, 0.2) is 0 Å². The van der Waals surface area contributed by atoms with Gasteiger partial charge >= 0.3 is 0 Å². The fourth-order valence-electron chi connectivity index (χ4n) is 3.27. The predicted molar refractivity (Wildman–Crippen MR) is 106 cm³/mol. The van der Waals surface area contributed by atoms with Gasteiger partial charge in [-0.25, -0.2) is 0 Å². The minimum Gasteiger partial charge on any atom is -0.491 e. The van der Waals surface area contributed by atoms with Crippen LogP contribution >= 0.6 is 0 Å². The molecule has 0 saturated carbocycles. The average Bonchev–Trinajstić information content (AvgIpc) is 3.02. The van der Waals surface area contributed by atoms with Crippen LogP contribution in [0, 0.1) is 12.8 Å². The number of amides is 2. The summed E-state index contributed by atoms with van der Waals surface area (Å²) in [5.41, 5.74) is 2.92. The zero-order valence-corrected chi connectivity index (χ0v) is 16.1. The minimum atomic E-state index is -0.319. The molecule has 1 fully saturated rings. The maximum Gasteiger partial charge on any atom is 0.227 e. The highest BCUT2D eigenvalue weighted by molar-refractivity contribution is 6.00. The number of aryl methyl sites for hydroxylation is 1. The second-order valence-electron chi connectivity index (χ2n) is 7.22. The van der Waals surface area contributed by atoms with Crippen LogP contribution in [-0.4, -0.2) is 24.5 Å². The van der Waals surface area contributed by atoms with E-state index in [0.717, 1.165) is 22.6 Å². The Bertz CT molecular complexity index is 815. The Balaban J connectivity index is 1.56. The van der Waals surface area contributed by atoms with Crippen LogP contribution in [0.25, 0.3) is 0 Å². The Hall–Kier alpha value is -2.82. The van der Waals surface area contributed by atoms with Crippen molar-refractivity contribution in [3.8, 4) is 5.75 Å². The lowest BCUT2D eigenvalue weighted by atomic mass is 10.1. The van der Waals surface area contributed by atoms with Crippen molar-refractivity contribution in [2.24, 2.45) is 5.92 Å². The number of hydrogen-bond donors (Lipinski definition) is 1. The van der Waals surface area contributed by atoms with Gasteiger partial charge < -0.3 is 15.0 Å². The van der Waals surface area contributed by atoms with Crippen LogP contribution in [0.3, 0.4) is 0 Å². The van der Waals surface area contributed by atoms with Crippen LogP contribution in [0.1, 0.15) is 31.4 Å². The van der Waals surface area contributed by atoms with Crippen molar-refractivity contribution >= 4 is 17.5 Å². The van der Waals surface area contributed by atoms with Crippen LogP contribution in [-0.2, 0) is 16.1 Å². The maximum atomic E-state index is 12.5. The molecule has 3 rings (SSSR count). The third kappa shape index (κ3) is 4.67. The fourth-order valence-corrected chi connectivity index (χ4v) is 3.27. The molecule has 0 bridgehead atoms. The van der Waals surface area contributed by atoms with Crippen molar-refractivity contribution in [1.29, 1.82) is 0 Å². The highest BCUT2D eigenvalue weighted by Gasteiger charge is 2.35. The smallest absolute Gasteiger partial charge is 0.227 e. The highest BCUT2D eigenvalue weighted by atomic mass is 16.5. The number of anilines is 1. The number of benzene rings is 2. The van der Waals surface area contributed by atoms with Gasteiger partial charge in [0.1, 0.15) is 5.75 Å². The van der Waals surface area contributed by atoms with Gasteiger partial charge in [-0.05, 0) is 50.1 Å². The molecule has 1 aliphatic heterocycles. The van der Waals surface area contributed by atoms with E-state index in [1.165, 1.54) is 0 Å². The van der Waals surface area contributed by atoms with Crippen molar-refractivity contribution in [3.05, 3.63) is 59.7 Å². The van der Waals surface area contributed by atoms with E-state index in [9.17, 15) is 9.59 Å². The molecule has 0 unspecified atom stereocenters. The number of hydrogen-bond acceptors (Lipinski definition) is 3. The van der Waals surface area contributed by atoms with E-state index in [1.54, 1.807) is 4.90 Å². The second-order valence-corrected chi connectivity index (χ2v) is 7.22. The molecular formula is C22H26N2O3. The minimum absolute atomic E-state index is 0.000336. The summed E-state index contributed by atoms with van der Waals surface area (Å²) in [6.07, 6.45) is 0.382. The van der Waals surface area contributed by atoms with Crippen molar-refractivity contribution in [2.75, 3.05) is 11.4 Å². The number of carbonyl (C=O) groups excluding carboxylic acids is 2. The van der Waals surface area contributed by atoms with Crippen molar-refractivity contribution in [3.63, 3.8) is 0 Å². The summed E-state index contributed by atoms with van der Waals surface area (Å²) in [6, 6.07) is 15.4. The predicted octanol–water partition coefficient (Wildman–Crippen LogP) is 3.45. The molecule has 2 amide bonds. The lowest BCUT2D eigenvalue weighted by molar-refractivity contribution is -0.126. The van der Waals surface area contributed by atoms with E-state index in [1.807, 2.05) is 69.3 Å². The normalized spacial score (nSPS) is 16.7. The quantitative estimate of drug-likeness (QED) is 0.852. The third-order valence-electron chi connectivity index (χ3n) is 4.66. The zero-order chi connectivity index (χ0) is 19.4. The number of para-hydroxylation sites is 1. The molecule has 5 nitrogen and oxygen atoms in total. The molecule has 1 saturated heterocycles. The molecule has 1 heterocycles.